The molecule has 1 aromatic carbocycles. The maximum atomic E-state index is 12.1. The lowest BCUT2D eigenvalue weighted by Gasteiger charge is -2.57. The molecule has 5 nitrogen and oxygen atoms in total. The van der Waals surface area contributed by atoms with Gasteiger partial charge in [-0.3, -0.25) is 4.90 Å². The average Bonchev–Trinajstić information content (AvgIpc) is 2.52. The van der Waals surface area contributed by atoms with Crippen molar-refractivity contribution in [1.29, 1.82) is 0 Å². The van der Waals surface area contributed by atoms with E-state index in [0.29, 0.717) is 24.5 Å². The van der Waals surface area contributed by atoms with E-state index in [2.05, 4.69) is 29.3 Å². The number of rotatable bonds is 5. The van der Waals surface area contributed by atoms with E-state index in [1.165, 1.54) is 18.4 Å². The van der Waals surface area contributed by atoms with Gasteiger partial charge in [0.25, 0.3) is 0 Å². The number of benzene rings is 1. The third kappa shape index (κ3) is 4.32. The van der Waals surface area contributed by atoms with Crippen molar-refractivity contribution >= 4 is 6.09 Å². The summed E-state index contributed by atoms with van der Waals surface area (Å²) in [6.45, 7) is 9.54. The predicted molar refractivity (Wildman–Crippen MR) is 102 cm³/mol. The van der Waals surface area contributed by atoms with E-state index in [1.54, 1.807) is 7.11 Å². The monoisotopic (exact) mass is 360 g/mol. The molecule has 2 unspecified atom stereocenters. The number of nitrogens with one attached hydrogen (secondary N) is 1. The summed E-state index contributed by atoms with van der Waals surface area (Å²) in [4.78, 5) is 14.6. The fourth-order valence-electron chi connectivity index (χ4n) is 4.21. The van der Waals surface area contributed by atoms with Gasteiger partial charge in [-0.05, 0) is 63.1 Å². The minimum absolute atomic E-state index is 0.326. The Balaban J connectivity index is 1.64. The Morgan fingerprint density at radius 2 is 1.88 bits per heavy atom. The van der Waals surface area contributed by atoms with Crippen LogP contribution >= 0.6 is 0 Å². The molecule has 2 bridgehead atoms. The quantitative estimate of drug-likeness (QED) is 0.867. The molecule has 1 aliphatic carbocycles. The van der Waals surface area contributed by atoms with Crippen LogP contribution in [-0.4, -0.2) is 42.3 Å². The zero-order valence-electron chi connectivity index (χ0n) is 16.6. The van der Waals surface area contributed by atoms with Gasteiger partial charge in [0.2, 0.25) is 0 Å². The first-order valence-corrected chi connectivity index (χ1v) is 9.62. The third-order valence-electron chi connectivity index (χ3n) is 5.77. The van der Waals surface area contributed by atoms with Gasteiger partial charge in [0.1, 0.15) is 11.4 Å². The molecule has 1 N–H and O–H groups in total. The molecule has 3 aliphatic rings. The predicted octanol–water partition coefficient (Wildman–Crippen LogP) is 3.82. The molecular formula is C21H32N2O3. The molecule has 2 saturated heterocycles. The molecule has 2 atom stereocenters. The Morgan fingerprint density at radius 3 is 2.46 bits per heavy atom. The second-order valence-corrected chi connectivity index (χ2v) is 8.71. The van der Waals surface area contributed by atoms with Crippen molar-refractivity contribution in [2.24, 2.45) is 11.8 Å². The Kier molecular flexibility index (Phi) is 5.47. The Bertz CT molecular complexity index is 617. The topological polar surface area (TPSA) is 50.8 Å². The molecule has 1 saturated carbocycles. The van der Waals surface area contributed by atoms with E-state index >= 15 is 0 Å². The summed E-state index contributed by atoms with van der Waals surface area (Å²) < 4.78 is 10.7. The normalized spacial score (nSPS) is 28.2. The van der Waals surface area contributed by atoms with Crippen LogP contribution in [0.2, 0.25) is 0 Å². The van der Waals surface area contributed by atoms with Crippen LogP contribution in [0.15, 0.2) is 24.3 Å². The number of piperidine rings is 2. The number of hydrogen-bond donors (Lipinski definition) is 1. The van der Waals surface area contributed by atoms with Gasteiger partial charge in [-0.2, -0.15) is 0 Å². The van der Waals surface area contributed by atoms with Crippen LogP contribution in [0.4, 0.5) is 4.79 Å². The zero-order chi connectivity index (χ0) is 18.9. The Labute approximate surface area is 157 Å². The summed E-state index contributed by atoms with van der Waals surface area (Å²) in [5.41, 5.74) is 0.818. The summed E-state index contributed by atoms with van der Waals surface area (Å²) in [7, 11) is 1.69. The first-order valence-electron chi connectivity index (χ1n) is 9.62. The van der Waals surface area contributed by atoms with Crippen LogP contribution in [0.25, 0.3) is 0 Å². The molecule has 144 valence electrons. The van der Waals surface area contributed by atoms with Gasteiger partial charge >= 0.3 is 6.09 Å². The van der Waals surface area contributed by atoms with Crippen LogP contribution in [-0.2, 0) is 11.3 Å². The number of carbonyl (C=O) groups excluding carboxylic acids is 1. The van der Waals surface area contributed by atoms with E-state index in [-0.39, 0.29) is 6.09 Å². The fourth-order valence-corrected chi connectivity index (χ4v) is 4.21. The first kappa shape index (κ1) is 19.0. The summed E-state index contributed by atoms with van der Waals surface area (Å²) in [5, 5.41) is 2.99. The smallest absolute Gasteiger partial charge is 0.407 e. The second-order valence-electron chi connectivity index (χ2n) is 8.71. The van der Waals surface area contributed by atoms with Crippen molar-refractivity contribution < 1.29 is 14.3 Å². The molecule has 1 aromatic rings. The van der Waals surface area contributed by atoms with E-state index < -0.39 is 5.60 Å². The molecule has 0 aromatic heterocycles. The molecule has 4 rings (SSSR count). The lowest BCUT2D eigenvalue weighted by molar-refractivity contribution is -0.0787. The van der Waals surface area contributed by atoms with Gasteiger partial charge in [-0.15, -0.1) is 0 Å². The van der Waals surface area contributed by atoms with Crippen molar-refractivity contribution in [2.75, 3.05) is 13.7 Å². The highest BCUT2D eigenvalue weighted by Gasteiger charge is 2.48. The number of fused-ring (bicyclic) bond motifs is 2. The van der Waals surface area contributed by atoms with Crippen molar-refractivity contribution in [1.82, 2.24) is 10.2 Å². The van der Waals surface area contributed by atoms with Crippen LogP contribution in [0, 0.1) is 11.8 Å². The molecule has 0 spiro atoms. The summed E-state index contributed by atoms with van der Waals surface area (Å²) >= 11 is 0. The van der Waals surface area contributed by atoms with Gasteiger partial charge in [-0.25, -0.2) is 4.79 Å². The SMILES string of the molecule is COc1ccc(CN2C3CC(C3)C(C)C2CNC(=O)OC(C)(C)C)cc1. The average molecular weight is 360 g/mol. The molecule has 5 heteroatoms. The molecule has 26 heavy (non-hydrogen) atoms. The highest BCUT2D eigenvalue weighted by Crippen LogP contribution is 2.46. The number of amides is 1. The molecule has 1 amide bonds. The number of carbonyl (C=O) groups is 1. The highest BCUT2D eigenvalue weighted by atomic mass is 16.6. The van der Waals surface area contributed by atoms with Crippen LogP contribution in [0.5, 0.6) is 5.75 Å². The number of nitrogens with zero attached hydrogens (tertiary/aromatic N) is 1. The van der Waals surface area contributed by atoms with Crippen LogP contribution in [0.1, 0.15) is 46.1 Å². The summed E-state index contributed by atoms with van der Waals surface area (Å²) in [5.74, 6) is 2.25. The van der Waals surface area contributed by atoms with Crippen LogP contribution in [0.3, 0.4) is 0 Å². The van der Waals surface area contributed by atoms with Crippen molar-refractivity contribution in [2.45, 2.75) is 64.8 Å². The van der Waals surface area contributed by atoms with Gasteiger partial charge in [0.15, 0.2) is 0 Å². The van der Waals surface area contributed by atoms with E-state index in [0.717, 1.165) is 18.2 Å². The lowest BCUT2D eigenvalue weighted by atomic mass is 9.64. The molecule has 2 heterocycles. The number of alkyl carbamates (subject to hydrolysis) is 1. The van der Waals surface area contributed by atoms with E-state index in [4.69, 9.17) is 9.47 Å². The van der Waals surface area contributed by atoms with Gasteiger partial charge < -0.3 is 14.8 Å². The molecule has 2 aliphatic heterocycles. The minimum Gasteiger partial charge on any atom is -0.497 e. The molecule has 0 radical (unpaired) electrons. The molecular weight excluding hydrogens is 328 g/mol. The standard InChI is InChI=1S/C21H32N2O3/c1-14-16-10-17(11-16)23(13-15-6-8-18(25-5)9-7-15)19(14)12-22-20(24)26-21(2,3)4/h6-9,14,16-17,19H,10-13H2,1-5H3,(H,22,24). The van der Waals surface area contributed by atoms with Crippen molar-refractivity contribution in [3.63, 3.8) is 0 Å². The van der Waals surface area contributed by atoms with Crippen LogP contribution < -0.4 is 10.1 Å². The molecule has 3 fully saturated rings. The number of ether oxygens (including phenoxy) is 2. The largest absolute Gasteiger partial charge is 0.497 e. The summed E-state index contributed by atoms with van der Waals surface area (Å²) in [6, 6.07) is 9.27. The van der Waals surface area contributed by atoms with Gasteiger partial charge in [-0.1, -0.05) is 19.1 Å². The zero-order valence-corrected chi connectivity index (χ0v) is 16.6. The lowest BCUT2D eigenvalue weighted by Crippen LogP contribution is -2.63. The van der Waals surface area contributed by atoms with Crippen molar-refractivity contribution in [3.8, 4) is 5.75 Å². The fraction of sp³-hybridized carbons (Fsp3) is 0.667. The Hall–Kier alpha value is -1.75. The maximum absolute atomic E-state index is 12.1. The Morgan fingerprint density at radius 1 is 1.23 bits per heavy atom. The number of hydrogen-bond acceptors (Lipinski definition) is 4. The second kappa shape index (κ2) is 7.47. The van der Waals surface area contributed by atoms with E-state index in [9.17, 15) is 4.79 Å². The van der Waals surface area contributed by atoms with E-state index in [1.807, 2.05) is 32.9 Å². The maximum Gasteiger partial charge on any atom is 0.407 e. The van der Waals surface area contributed by atoms with Gasteiger partial charge in [0, 0.05) is 25.2 Å². The summed E-state index contributed by atoms with van der Waals surface area (Å²) in [6.07, 6.45) is 2.23. The first-order chi connectivity index (χ1) is 12.3. The number of methoxy groups -OCH3 is 1. The minimum atomic E-state index is -0.465. The highest BCUT2D eigenvalue weighted by molar-refractivity contribution is 5.67. The van der Waals surface area contributed by atoms with Crippen molar-refractivity contribution in [3.05, 3.63) is 29.8 Å². The third-order valence-corrected chi connectivity index (χ3v) is 5.77. The van der Waals surface area contributed by atoms with Gasteiger partial charge in [0.05, 0.1) is 7.11 Å².